The summed E-state index contributed by atoms with van der Waals surface area (Å²) in [6.45, 7) is 1.45. The van der Waals surface area contributed by atoms with Gasteiger partial charge in [0, 0.05) is 6.54 Å². The standard InChI is InChI=1S/C11H18N2O3/c14-10(8-4-1-2-6-12-8)13-7-3-5-9(13)11(15)16/h8-9,12H,1-7H2,(H,15,16). The molecule has 5 nitrogen and oxygen atoms in total. The first-order chi connectivity index (χ1) is 7.70. The predicted molar refractivity (Wildman–Crippen MR) is 58.0 cm³/mol. The number of carboxylic acid groups (broad SMARTS) is 1. The fourth-order valence-electron chi connectivity index (χ4n) is 2.55. The lowest BCUT2D eigenvalue weighted by Gasteiger charge is -2.29. The van der Waals surface area contributed by atoms with Crippen LogP contribution in [0.1, 0.15) is 32.1 Å². The molecule has 2 fully saturated rings. The highest BCUT2D eigenvalue weighted by Crippen LogP contribution is 2.20. The van der Waals surface area contributed by atoms with Crippen molar-refractivity contribution >= 4 is 11.9 Å². The van der Waals surface area contributed by atoms with E-state index < -0.39 is 12.0 Å². The monoisotopic (exact) mass is 226 g/mol. The average molecular weight is 226 g/mol. The van der Waals surface area contributed by atoms with Crippen molar-refractivity contribution in [3.8, 4) is 0 Å². The van der Waals surface area contributed by atoms with Crippen LogP contribution in [0.2, 0.25) is 0 Å². The van der Waals surface area contributed by atoms with Gasteiger partial charge in [-0.2, -0.15) is 0 Å². The lowest BCUT2D eigenvalue weighted by Crippen LogP contribution is -2.51. The fraction of sp³-hybridized carbons (Fsp3) is 0.818. The maximum Gasteiger partial charge on any atom is 0.326 e. The molecule has 2 rings (SSSR count). The topological polar surface area (TPSA) is 69.6 Å². The first-order valence-electron chi connectivity index (χ1n) is 5.97. The normalized spacial score (nSPS) is 30.4. The van der Waals surface area contributed by atoms with Crippen LogP contribution >= 0.6 is 0 Å². The Morgan fingerprint density at radius 3 is 2.62 bits per heavy atom. The number of piperidine rings is 1. The van der Waals surface area contributed by atoms with E-state index >= 15 is 0 Å². The van der Waals surface area contributed by atoms with Crippen molar-refractivity contribution in [1.29, 1.82) is 0 Å². The Morgan fingerprint density at radius 1 is 1.19 bits per heavy atom. The van der Waals surface area contributed by atoms with Gasteiger partial charge in [-0.15, -0.1) is 0 Å². The molecule has 2 saturated heterocycles. The highest BCUT2D eigenvalue weighted by Gasteiger charge is 2.37. The number of likely N-dealkylation sites (tertiary alicyclic amines) is 1. The van der Waals surface area contributed by atoms with Crippen molar-refractivity contribution in [2.24, 2.45) is 0 Å². The first-order valence-corrected chi connectivity index (χ1v) is 5.97. The van der Waals surface area contributed by atoms with Gasteiger partial charge in [-0.1, -0.05) is 6.42 Å². The van der Waals surface area contributed by atoms with Gasteiger partial charge in [0.25, 0.3) is 0 Å². The quantitative estimate of drug-likeness (QED) is 0.706. The van der Waals surface area contributed by atoms with Crippen LogP contribution in [0.15, 0.2) is 0 Å². The van der Waals surface area contributed by atoms with Crippen molar-refractivity contribution in [2.45, 2.75) is 44.2 Å². The molecule has 16 heavy (non-hydrogen) atoms. The molecular weight excluding hydrogens is 208 g/mol. The molecule has 90 valence electrons. The molecule has 0 spiro atoms. The van der Waals surface area contributed by atoms with Gasteiger partial charge in [0.05, 0.1) is 6.04 Å². The molecule has 0 aliphatic carbocycles. The number of aliphatic carboxylic acids is 1. The molecule has 2 N–H and O–H groups in total. The summed E-state index contributed by atoms with van der Waals surface area (Å²) in [6, 6.07) is -0.759. The smallest absolute Gasteiger partial charge is 0.326 e. The minimum absolute atomic E-state index is 0.0235. The molecule has 5 heteroatoms. The van der Waals surface area contributed by atoms with Crippen molar-refractivity contribution < 1.29 is 14.7 Å². The molecule has 0 aromatic rings. The Hall–Kier alpha value is -1.10. The van der Waals surface area contributed by atoms with E-state index in [1.807, 2.05) is 0 Å². The molecule has 1 amide bonds. The van der Waals surface area contributed by atoms with Gasteiger partial charge >= 0.3 is 5.97 Å². The van der Waals surface area contributed by atoms with Gasteiger partial charge in [0.15, 0.2) is 0 Å². The van der Waals surface area contributed by atoms with E-state index in [1.54, 1.807) is 0 Å². The number of amides is 1. The zero-order valence-corrected chi connectivity index (χ0v) is 9.32. The summed E-state index contributed by atoms with van der Waals surface area (Å²) in [7, 11) is 0. The second-order valence-corrected chi connectivity index (χ2v) is 4.53. The number of carboxylic acids is 1. The van der Waals surface area contributed by atoms with Crippen molar-refractivity contribution in [1.82, 2.24) is 10.2 Å². The van der Waals surface area contributed by atoms with Gasteiger partial charge in [-0.05, 0) is 32.2 Å². The third-order valence-corrected chi connectivity index (χ3v) is 3.43. The van der Waals surface area contributed by atoms with Gasteiger partial charge in [0.2, 0.25) is 5.91 Å². The van der Waals surface area contributed by atoms with Gasteiger partial charge in [-0.3, -0.25) is 4.79 Å². The molecule has 0 saturated carbocycles. The van der Waals surface area contributed by atoms with Crippen molar-refractivity contribution in [2.75, 3.05) is 13.1 Å². The van der Waals surface area contributed by atoms with E-state index in [1.165, 1.54) is 4.90 Å². The Bertz CT molecular complexity index is 287. The molecule has 0 aromatic heterocycles. The van der Waals surface area contributed by atoms with Gasteiger partial charge in [-0.25, -0.2) is 4.79 Å². The first kappa shape index (κ1) is 11.4. The summed E-state index contributed by atoms with van der Waals surface area (Å²) in [5, 5.41) is 12.2. The second kappa shape index (κ2) is 4.82. The van der Waals surface area contributed by atoms with Gasteiger partial charge < -0.3 is 15.3 Å². The van der Waals surface area contributed by atoms with Crippen LogP contribution in [-0.2, 0) is 9.59 Å². The van der Waals surface area contributed by atoms with E-state index in [-0.39, 0.29) is 11.9 Å². The lowest BCUT2D eigenvalue weighted by atomic mass is 10.0. The molecule has 2 heterocycles. The lowest BCUT2D eigenvalue weighted by molar-refractivity contribution is -0.149. The Morgan fingerprint density at radius 2 is 2.00 bits per heavy atom. The maximum absolute atomic E-state index is 12.1. The number of hydrogen-bond acceptors (Lipinski definition) is 3. The summed E-state index contributed by atoms with van der Waals surface area (Å²) in [5.41, 5.74) is 0. The fourth-order valence-corrected chi connectivity index (χ4v) is 2.55. The highest BCUT2D eigenvalue weighted by atomic mass is 16.4. The Balaban J connectivity index is 1.99. The van der Waals surface area contributed by atoms with Crippen LogP contribution in [0.25, 0.3) is 0 Å². The minimum atomic E-state index is -0.873. The highest BCUT2D eigenvalue weighted by molar-refractivity contribution is 5.87. The van der Waals surface area contributed by atoms with Crippen molar-refractivity contribution in [3.63, 3.8) is 0 Å². The van der Waals surface area contributed by atoms with Crippen molar-refractivity contribution in [3.05, 3.63) is 0 Å². The number of carbonyl (C=O) groups excluding carboxylic acids is 1. The Kier molecular flexibility index (Phi) is 3.43. The van der Waals surface area contributed by atoms with Gasteiger partial charge in [0.1, 0.15) is 6.04 Å². The van der Waals surface area contributed by atoms with E-state index in [4.69, 9.17) is 5.11 Å². The number of nitrogens with one attached hydrogen (secondary N) is 1. The summed E-state index contributed by atoms with van der Waals surface area (Å²) in [5.74, 6) is -0.897. The Labute approximate surface area is 94.8 Å². The van der Waals surface area contributed by atoms with Crippen LogP contribution < -0.4 is 5.32 Å². The molecular formula is C11H18N2O3. The third-order valence-electron chi connectivity index (χ3n) is 3.43. The number of nitrogens with zero attached hydrogens (tertiary/aromatic N) is 1. The average Bonchev–Trinajstić information content (AvgIpc) is 2.78. The number of rotatable bonds is 2. The maximum atomic E-state index is 12.1. The molecule has 0 aromatic carbocycles. The van der Waals surface area contributed by atoms with Crippen LogP contribution in [-0.4, -0.2) is 47.1 Å². The second-order valence-electron chi connectivity index (χ2n) is 4.53. The summed E-state index contributed by atoms with van der Waals surface area (Å²) in [4.78, 5) is 24.6. The SMILES string of the molecule is O=C(O)C1CCCN1C(=O)C1CCCCN1. The zero-order chi connectivity index (χ0) is 11.5. The minimum Gasteiger partial charge on any atom is -0.480 e. The van der Waals surface area contributed by atoms with E-state index in [0.717, 1.165) is 32.2 Å². The molecule has 0 bridgehead atoms. The van der Waals surface area contributed by atoms with E-state index in [2.05, 4.69) is 5.32 Å². The molecule has 0 radical (unpaired) electrons. The number of hydrogen-bond donors (Lipinski definition) is 2. The number of carbonyl (C=O) groups is 2. The van der Waals surface area contributed by atoms with E-state index in [9.17, 15) is 9.59 Å². The third kappa shape index (κ3) is 2.19. The van der Waals surface area contributed by atoms with Crippen LogP contribution in [0.4, 0.5) is 0 Å². The van der Waals surface area contributed by atoms with Crippen LogP contribution in [0, 0.1) is 0 Å². The zero-order valence-electron chi connectivity index (χ0n) is 9.32. The molecule has 2 unspecified atom stereocenters. The largest absolute Gasteiger partial charge is 0.480 e. The molecule has 2 aliphatic rings. The molecule has 2 atom stereocenters. The van der Waals surface area contributed by atoms with E-state index in [0.29, 0.717) is 13.0 Å². The summed E-state index contributed by atoms with van der Waals surface area (Å²) in [6.07, 6.45) is 4.38. The summed E-state index contributed by atoms with van der Waals surface area (Å²) >= 11 is 0. The molecule has 2 aliphatic heterocycles. The summed E-state index contributed by atoms with van der Waals surface area (Å²) < 4.78 is 0. The van der Waals surface area contributed by atoms with Crippen LogP contribution in [0.5, 0.6) is 0 Å². The predicted octanol–water partition coefficient (Wildman–Crippen LogP) is 0.204. The van der Waals surface area contributed by atoms with Crippen LogP contribution in [0.3, 0.4) is 0 Å².